The molecule has 2 heteroatoms. The monoisotopic (exact) mass is 222 g/mol. The minimum absolute atomic E-state index is 0.716. The van der Waals surface area contributed by atoms with Crippen LogP contribution < -0.4 is 5.32 Å². The standard InChI is InChI=1S/C14H26N2/c1-3-5-14(6-4-2)9-16(10-14)13-11-7-15-8-12(11)13/h11-13,15H,3-10H2,1-2H3. The van der Waals surface area contributed by atoms with Crippen LogP contribution in [-0.4, -0.2) is 37.1 Å². The Morgan fingerprint density at radius 2 is 1.62 bits per heavy atom. The molecule has 16 heavy (non-hydrogen) atoms. The summed E-state index contributed by atoms with van der Waals surface area (Å²) in [4.78, 5) is 2.79. The summed E-state index contributed by atoms with van der Waals surface area (Å²) in [5.41, 5.74) is 0.716. The molecule has 2 saturated heterocycles. The number of nitrogens with zero attached hydrogens (tertiary/aromatic N) is 1. The Morgan fingerprint density at radius 3 is 2.12 bits per heavy atom. The lowest BCUT2D eigenvalue weighted by atomic mass is 9.72. The minimum atomic E-state index is 0.716. The van der Waals surface area contributed by atoms with Gasteiger partial charge in [-0.1, -0.05) is 26.7 Å². The molecule has 3 fully saturated rings. The fraction of sp³-hybridized carbons (Fsp3) is 1.00. The van der Waals surface area contributed by atoms with Crippen LogP contribution in [0.5, 0.6) is 0 Å². The maximum Gasteiger partial charge on any atom is 0.0184 e. The third-order valence-corrected chi connectivity index (χ3v) is 5.11. The van der Waals surface area contributed by atoms with E-state index in [-0.39, 0.29) is 0 Å². The molecule has 2 aliphatic heterocycles. The molecule has 2 unspecified atom stereocenters. The van der Waals surface area contributed by atoms with E-state index >= 15 is 0 Å². The Kier molecular flexibility index (Phi) is 2.75. The van der Waals surface area contributed by atoms with Crippen LogP contribution in [0.25, 0.3) is 0 Å². The van der Waals surface area contributed by atoms with Crippen molar-refractivity contribution in [1.82, 2.24) is 10.2 Å². The first-order chi connectivity index (χ1) is 7.79. The SMILES string of the molecule is CCCC1(CCC)CN(C2C3CNCC32)C1. The number of piperidine rings is 1. The zero-order valence-corrected chi connectivity index (χ0v) is 10.8. The van der Waals surface area contributed by atoms with Gasteiger partial charge in [0.2, 0.25) is 0 Å². The van der Waals surface area contributed by atoms with Gasteiger partial charge in [0.05, 0.1) is 0 Å². The van der Waals surface area contributed by atoms with E-state index in [2.05, 4.69) is 24.1 Å². The number of nitrogens with one attached hydrogen (secondary N) is 1. The summed E-state index contributed by atoms with van der Waals surface area (Å²) in [6.07, 6.45) is 5.65. The molecule has 0 bridgehead atoms. The maximum absolute atomic E-state index is 3.50. The van der Waals surface area contributed by atoms with Gasteiger partial charge in [-0.05, 0) is 43.2 Å². The number of hydrogen-bond acceptors (Lipinski definition) is 2. The Labute approximate surface area is 99.8 Å². The molecule has 1 saturated carbocycles. The van der Waals surface area contributed by atoms with Crippen LogP contribution in [0.1, 0.15) is 39.5 Å². The average molecular weight is 222 g/mol. The first-order valence-corrected chi connectivity index (χ1v) is 7.24. The maximum atomic E-state index is 3.50. The lowest BCUT2D eigenvalue weighted by molar-refractivity contribution is -0.0276. The van der Waals surface area contributed by atoms with Crippen molar-refractivity contribution in [1.29, 1.82) is 0 Å². The summed E-state index contributed by atoms with van der Waals surface area (Å²) in [5, 5.41) is 3.50. The first-order valence-electron chi connectivity index (χ1n) is 7.24. The van der Waals surface area contributed by atoms with Crippen molar-refractivity contribution in [3.63, 3.8) is 0 Å². The van der Waals surface area contributed by atoms with Crippen LogP contribution >= 0.6 is 0 Å². The molecule has 1 N–H and O–H groups in total. The van der Waals surface area contributed by atoms with E-state index in [1.807, 2.05) is 0 Å². The summed E-state index contributed by atoms with van der Waals surface area (Å²) >= 11 is 0. The summed E-state index contributed by atoms with van der Waals surface area (Å²) in [7, 11) is 0. The van der Waals surface area contributed by atoms with Crippen LogP contribution in [0, 0.1) is 17.3 Å². The van der Waals surface area contributed by atoms with E-state index in [1.54, 1.807) is 0 Å². The van der Waals surface area contributed by atoms with Gasteiger partial charge in [-0.3, -0.25) is 4.90 Å². The van der Waals surface area contributed by atoms with Gasteiger partial charge in [-0.2, -0.15) is 0 Å². The molecule has 3 rings (SSSR count). The molecule has 0 amide bonds. The highest BCUT2D eigenvalue weighted by Crippen LogP contribution is 2.52. The van der Waals surface area contributed by atoms with E-state index in [9.17, 15) is 0 Å². The van der Waals surface area contributed by atoms with E-state index in [0.29, 0.717) is 5.41 Å². The van der Waals surface area contributed by atoms with Crippen LogP contribution in [0.4, 0.5) is 0 Å². The van der Waals surface area contributed by atoms with Gasteiger partial charge in [0.25, 0.3) is 0 Å². The van der Waals surface area contributed by atoms with Crippen molar-refractivity contribution >= 4 is 0 Å². The predicted molar refractivity (Wildman–Crippen MR) is 67.5 cm³/mol. The number of likely N-dealkylation sites (tertiary alicyclic amines) is 1. The van der Waals surface area contributed by atoms with Gasteiger partial charge in [0.1, 0.15) is 0 Å². The molecule has 2 heterocycles. The largest absolute Gasteiger partial charge is 0.316 e. The van der Waals surface area contributed by atoms with Gasteiger partial charge < -0.3 is 5.32 Å². The highest BCUT2D eigenvalue weighted by atomic mass is 15.3. The molecule has 92 valence electrons. The fourth-order valence-corrected chi connectivity index (χ4v) is 4.46. The Hall–Kier alpha value is -0.0800. The van der Waals surface area contributed by atoms with Gasteiger partial charge in [-0.25, -0.2) is 0 Å². The quantitative estimate of drug-likeness (QED) is 0.766. The van der Waals surface area contributed by atoms with Gasteiger partial charge >= 0.3 is 0 Å². The second kappa shape index (κ2) is 3.99. The summed E-state index contributed by atoms with van der Waals surface area (Å²) in [5.74, 6) is 2.03. The molecule has 1 aliphatic carbocycles. The van der Waals surface area contributed by atoms with Crippen LogP contribution in [-0.2, 0) is 0 Å². The second-order valence-electron chi connectivity index (χ2n) is 6.38. The highest BCUT2D eigenvalue weighted by Gasteiger charge is 2.59. The molecule has 0 spiro atoms. The van der Waals surface area contributed by atoms with Crippen molar-refractivity contribution in [2.75, 3.05) is 26.2 Å². The predicted octanol–water partition coefficient (Wildman–Crippen LogP) is 2.11. The minimum Gasteiger partial charge on any atom is -0.316 e. The van der Waals surface area contributed by atoms with Crippen LogP contribution in [0.15, 0.2) is 0 Å². The van der Waals surface area contributed by atoms with E-state index in [1.165, 1.54) is 51.9 Å². The Balaban J connectivity index is 1.52. The smallest absolute Gasteiger partial charge is 0.0184 e. The molecule has 3 aliphatic rings. The molecule has 0 radical (unpaired) electrons. The highest BCUT2D eigenvalue weighted by molar-refractivity contribution is 5.14. The normalized spacial score (nSPS) is 40.5. The number of hydrogen-bond donors (Lipinski definition) is 1. The molecule has 0 aromatic carbocycles. The van der Waals surface area contributed by atoms with E-state index in [0.717, 1.165) is 17.9 Å². The second-order valence-corrected chi connectivity index (χ2v) is 6.38. The third-order valence-electron chi connectivity index (χ3n) is 5.11. The lowest BCUT2D eigenvalue weighted by Crippen LogP contribution is -2.58. The van der Waals surface area contributed by atoms with Gasteiger partial charge in [-0.15, -0.1) is 0 Å². The van der Waals surface area contributed by atoms with E-state index in [4.69, 9.17) is 0 Å². The van der Waals surface area contributed by atoms with Crippen LogP contribution in [0.3, 0.4) is 0 Å². The Bertz CT molecular complexity index is 239. The van der Waals surface area contributed by atoms with Gasteiger partial charge in [0, 0.05) is 19.1 Å². The summed E-state index contributed by atoms with van der Waals surface area (Å²) in [6, 6.07) is 0.975. The molecule has 2 nitrogen and oxygen atoms in total. The topological polar surface area (TPSA) is 15.3 Å². The molecular weight excluding hydrogens is 196 g/mol. The first kappa shape index (κ1) is 11.0. The number of rotatable bonds is 5. The van der Waals surface area contributed by atoms with Gasteiger partial charge in [0.15, 0.2) is 0 Å². The van der Waals surface area contributed by atoms with Crippen molar-refractivity contribution in [3.05, 3.63) is 0 Å². The summed E-state index contributed by atoms with van der Waals surface area (Å²) in [6.45, 7) is 10.1. The fourth-order valence-electron chi connectivity index (χ4n) is 4.46. The third kappa shape index (κ3) is 1.62. The van der Waals surface area contributed by atoms with Crippen molar-refractivity contribution in [3.8, 4) is 0 Å². The molecule has 0 aromatic heterocycles. The van der Waals surface area contributed by atoms with E-state index < -0.39 is 0 Å². The van der Waals surface area contributed by atoms with Crippen molar-refractivity contribution in [2.24, 2.45) is 17.3 Å². The molecule has 0 aromatic rings. The lowest BCUT2D eigenvalue weighted by Gasteiger charge is -2.52. The summed E-state index contributed by atoms with van der Waals surface area (Å²) < 4.78 is 0. The number of fused-ring (bicyclic) bond motifs is 1. The molecular formula is C14H26N2. The zero-order valence-electron chi connectivity index (χ0n) is 10.8. The average Bonchev–Trinajstić information content (AvgIpc) is 2.69. The van der Waals surface area contributed by atoms with Crippen LogP contribution in [0.2, 0.25) is 0 Å². The van der Waals surface area contributed by atoms with Crippen molar-refractivity contribution < 1.29 is 0 Å². The Morgan fingerprint density at radius 1 is 1.06 bits per heavy atom. The van der Waals surface area contributed by atoms with Crippen molar-refractivity contribution in [2.45, 2.75) is 45.6 Å². The zero-order chi connectivity index (χ0) is 11.2. The molecule has 2 atom stereocenters.